The number of hydrogen-bond acceptors (Lipinski definition) is 5. The van der Waals surface area contributed by atoms with Gasteiger partial charge >= 0.3 is 0 Å². The fourth-order valence-electron chi connectivity index (χ4n) is 2.87. The summed E-state index contributed by atoms with van der Waals surface area (Å²) in [6.07, 6.45) is 2.95. The highest BCUT2D eigenvalue weighted by atomic mass is 32.1. The minimum Gasteiger partial charge on any atom is -0.342 e. The summed E-state index contributed by atoms with van der Waals surface area (Å²) in [6, 6.07) is 7.34. The van der Waals surface area contributed by atoms with Gasteiger partial charge in [0.05, 0.1) is 17.1 Å². The molecule has 132 valence electrons. The third kappa shape index (κ3) is 2.78. The largest absolute Gasteiger partial charge is 0.342 e. The summed E-state index contributed by atoms with van der Waals surface area (Å²) in [5.74, 6) is 0.293. The maximum Gasteiger partial charge on any atom is 0.271 e. The monoisotopic (exact) mass is 367 g/mol. The molecule has 1 unspecified atom stereocenters. The molecule has 1 aromatic carbocycles. The number of rotatable bonds is 4. The first-order valence-corrected chi connectivity index (χ1v) is 9.13. The molecular weight excluding hydrogens is 350 g/mol. The van der Waals surface area contributed by atoms with Crippen LogP contribution in [0.3, 0.4) is 0 Å². The van der Waals surface area contributed by atoms with Crippen molar-refractivity contribution in [1.29, 1.82) is 0 Å². The summed E-state index contributed by atoms with van der Waals surface area (Å²) in [7, 11) is 0. The van der Waals surface area contributed by atoms with Gasteiger partial charge in [0, 0.05) is 17.8 Å². The number of fused-ring (bicyclic) bond motifs is 2. The molecule has 3 heterocycles. The van der Waals surface area contributed by atoms with Gasteiger partial charge in [-0.2, -0.15) is 0 Å². The second-order valence-corrected chi connectivity index (χ2v) is 7.24. The maximum absolute atomic E-state index is 12.7. The van der Waals surface area contributed by atoms with Crippen LogP contribution in [-0.4, -0.2) is 25.3 Å². The zero-order valence-corrected chi connectivity index (χ0v) is 15.1. The van der Waals surface area contributed by atoms with Gasteiger partial charge in [-0.25, -0.2) is 9.97 Å². The van der Waals surface area contributed by atoms with Gasteiger partial charge in [-0.3, -0.25) is 14.0 Å². The number of benzene rings is 1. The molecular formula is C18H17N5O2S. The fourth-order valence-corrected chi connectivity index (χ4v) is 3.55. The summed E-state index contributed by atoms with van der Waals surface area (Å²) in [5.41, 5.74) is 1.39. The number of hydrogen-bond donors (Lipinski definition) is 2. The third-order valence-electron chi connectivity index (χ3n) is 4.24. The molecule has 0 bridgehead atoms. The Balaban J connectivity index is 1.68. The molecule has 0 saturated heterocycles. The first-order chi connectivity index (χ1) is 12.5. The molecule has 2 N–H and O–H groups in total. The van der Waals surface area contributed by atoms with Crippen LogP contribution in [0.1, 0.15) is 36.1 Å². The van der Waals surface area contributed by atoms with Crippen LogP contribution in [0.15, 0.2) is 46.8 Å². The first-order valence-electron chi connectivity index (χ1n) is 8.25. The average Bonchev–Trinajstić information content (AvgIpc) is 3.26. The van der Waals surface area contributed by atoms with Crippen molar-refractivity contribution < 1.29 is 4.79 Å². The van der Waals surface area contributed by atoms with Crippen LogP contribution >= 0.6 is 11.3 Å². The van der Waals surface area contributed by atoms with E-state index in [2.05, 4.69) is 20.3 Å². The third-order valence-corrected chi connectivity index (χ3v) is 5.01. The number of amides is 1. The van der Waals surface area contributed by atoms with Crippen LogP contribution in [0, 0.1) is 5.92 Å². The number of aromatic amines is 1. The molecule has 0 radical (unpaired) electrons. The lowest BCUT2D eigenvalue weighted by molar-refractivity contribution is 0.0921. The Bertz CT molecular complexity index is 1120. The molecule has 1 atom stereocenters. The minimum absolute atomic E-state index is 0.0164. The van der Waals surface area contributed by atoms with Crippen LogP contribution in [0.5, 0.6) is 0 Å². The Kier molecular flexibility index (Phi) is 4.04. The standard InChI is InChI=1S/C18H17N5O2S/c1-10(2)14(15-20-12-5-3-4-6-13(12)21-15)22-16(24)11-9-19-18-23(17(11)25)7-8-26-18/h3-10,14H,1-2H3,(H,20,21)(H,22,24). The van der Waals surface area contributed by atoms with Crippen molar-refractivity contribution in [1.82, 2.24) is 24.7 Å². The lowest BCUT2D eigenvalue weighted by Gasteiger charge is -2.20. The van der Waals surface area contributed by atoms with E-state index in [1.807, 2.05) is 38.1 Å². The van der Waals surface area contributed by atoms with Gasteiger partial charge in [0.2, 0.25) is 0 Å². The minimum atomic E-state index is -0.456. The van der Waals surface area contributed by atoms with Gasteiger partial charge in [-0.1, -0.05) is 26.0 Å². The van der Waals surface area contributed by atoms with Crippen molar-refractivity contribution in [2.45, 2.75) is 19.9 Å². The van der Waals surface area contributed by atoms with Crippen molar-refractivity contribution in [2.24, 2.45) is 5.92 Å². The smallest absolute Gasteiger partial charge is 0.271 e. The molecule has 0 fully saturated rings. The molecule has 0 saturated carbocycles. The first kappa shape index (κ1) is 16.5. The van der Waals surface area contributed by atoms with E-state index in [1.165, 1.54) is 21.9 Å². The van der Waals surface area contributed by atoms with Gasteiger partial charge in [0.25, 0.3) is 11.5 Å². The van der Waals surface area contributed by atoms with Crippen LogP contribution in [0.4, 0.5) is 0 Å². The predicted molar refractivity (Wildman–Crippen MR) is 100 cm³/mol. The Morgan fingerprint density at radius 1 is 1.31 bits per heavy atom. The number of aromatic nitrogens is 4. The van der Waals surface area contributed by atoms with Crippen molar-refractivity contribution in [3.05, 3.63) is 63.8 Å². The van der Waals surface area contributed by atoms with Crippen molar-refractivity contribution in [2.75, 3.05) is 0 Å². The van der Waals surface area contributed by atoms with E-state index in [0.717, 1.165) is 11.0 Å². The maximum atomic E-state index is 12.7. The predicted octanol–water partition coefficient (Wildman–Crippen LogP) is 2.76. The fraction of sp³-hybridized carbons (Fsp3) is 0.222. The Morgan fingerprint density at radius 3 is 2.88 bits per heavy atom. The lowest BCUT2D eigenvalue weighted by Crippen LogP contribution is -2.36. The van der Waals surface area contributed by atoms with Crippen molar-refractivity contribution in [3.63, 3.8) is 0 Å². The molecule has 0 aliphatic rings. The van der Waals surface area contributed by atoms with E-state index in [4.69, 9.17) is 0 Å². The van der Waals surface area contributed by atoms with Crippen molar-refractivity contribution in [3.8, 4) is 0 Å². The second kappa shape index (κ2) is 6.38. The number of para-hydroxylation sites is 2. The van der Waals surface area contributed by atoms with E-state index in [0.29, 0.717) is 10.8 Å². The van der Waals surface area contributed by atoms with Gasteiger partial charge < -0.3 is 10.3 Å². The molecule has 0 aliphatic carbocycles. The SMILES string of the molecule is CC(C)C(NC(=O)c1cnc2sccn2c1=O)c1nc2ccccc2[nH]1. The molecule has 3 aromatic heterocycles. The molecule has 0 aliphatic heterocycles. The molecule has 8 heteroatoms. The van der Waals surface area contributed by atoms with Crippen LogP contribution in [0.2, 0.25) is 0 Å². The number of H-pyrrole nitrogens is 1. The topological polar surface area (TPSA) is 92.2 Å². The molecule has 4 rings (SSSR count). The van der Waals surface area contributed by atoms with E-state index in [9.17, 15) is 9.59 Å². The zero-order chi connectivity index (χ0) is 18.3. The van der Waals surface area contributed by atoms with E-state index in [1.54, 1.807) is 11.6 Å². The summed E-state index contributed by atoms with van der Waals surface area (Å²) in [6.45, 7) is 3.98. The quantitative estimate of drug-likeness (QED) is 0.580. The number of carbonyl (C=O) groups is 1. The van der Waals surface area contributed by atoms with Crippen LogP contribution in [-0.2, 0) is 0 Å². The summed E-state index contributed by atoms with van der Waals surface area (Å²) in [4.78, 5) is 37.8. The van der Waals surface area contributed by atoms with Crippen LogP contribution < -0.4 is 10.9 Å². The lowest BCUT2D eigenvalue weighted by atomic mass is 10.0. The van der Waals surface area contributed by atoms with Gasteiger partial charge in [-0.05, 0) is 18.1 Å². The average molecular weight is 367 g/mol. The highest BCUT2D eigenvalue weighted by Crippen LogP contribution is 2.22. The van der Waals surface area contributed by atoms with Crippen molar-refractivity contribution >= 4 is 33.2 Å². The summed E-state index contributed by atoms with van der Waals surface area (Å²) in [5, 5.41) is 4.69. The number of carbonyl (C=O) groups excluding carboxylic acids is 1. The number of thiazole rings is 1. The number of nitrogens with zero attached hydrogens (tertiary/aromatic N) is 3. The van der Waals surface area contributed by atoms with Gasteiger partial charge in [-0.15, -0.1) is 11.3 Å². The normalized spacial score (nSPS) is 12.7. The number of nitrogens with one attached hydrogen (secondary N) is 2. The molecule has 1 amide bonds. The number of imidazole rings is 1. The summed E-state index contributed by atoms with van der Waals surface area (Å²) < 4.78 is 1.38. The highest BCUT2D eigenvalue weighted by molar-refractivity contribution is 7.15. The molecule has 4 aromatic rings. The summed E-state index contributed by atoms with van der Waals surface area (Å²) >= 11 is 1.35. The molecule has 0 spiro atoms. The Labute approximate surface area is 152 Å². The van der Waals surface area contributed by atoms with E-state index >= 15 is 0 Å². The zero-order valence-electron chi connectivity index (χ0n) is 14.3. The van der Waals surface area contributed by atoms with E-state index in [-0.39, 0.29) is 23.1 Å². The van der Waals surface area contributed by atoms with Crippen LogP contribution in [0.25, 0.3) is 16.0 Å². The van der Waals surface area contributed by atoms with Gasteiger partial charge in [0.15, 0.2) is 4.96 Å². The molecule has 26 heavy (non-hydrogen) atoms. The Morgan fingerprint density at radius 2 is 2.12 bits per heavy atom. The second-order valence-electron chi connectivity index (χ2n) is 6.37. The highest BCUT2D eigenvalue weighted by Gasteiger charge is 2.24. The van der Waals surface area contributed by atoms with Gasteiger partial charge in [0.1, 0.15) is 11.4 Å². The molecule has 7 nitrogen and oxygen atoms in total. The Hall–Kier alpha value is -3.00. The van der Waals surface area contributed by atoms with E-state index < -0.39 is 5.91 Å².